The maximum atomic E-state index is 11.1. The summed E-state index contributed by atoms with van der Waals surface area (Å²) < 4.78 is 1.47. The molecule has 0 fully saturated rings. The van der Waals surface area contributed by atoms with Gasteiger partial charge < -0.3 is 5.11 Å². The molecule has 0 bridgehead atoms. The van der Waals surface area contributed by atoms with E-state index in [4.69, 9.17) is 5.11 Å². The Hall–Kier alpha value is -2.77. The Balaban J connectivity index is 2.42. The number of carboxylic acid groups (broad SMARTS) is 1. The third kappa shape index (κ3) is 2.73. The third-order valence-corrected chi connectivity index (χ3v) is 3.31. The second-order valence-electron chi connectivity index (χ2n) is 4.52. The summed E-state index contributed by atoms with van der Waals surface area (Å²) in [5.74, 6) is -1.13. The number of carbonyl (C=O) groups is 1. The zero-order valence-electron chi connectivity index (χ0n) is 11.6. The average molecular weight is 290 g/mol. The Morgan fingerprint density at radius 3 is 2.76 bits per heavy atom. The number of hydrogen-bond acceptors (Lipinski definition) is 5. The number of nitro groups is 1. The fourth-order valence-corrected chi connectivity index (χ4v) is 2.18. The molecule has 0 spiro atoms. The van der Waals surface area contributed by atoms with Crippen LogP contribution in [-0.4, -0.2) is 31.0 Å². The van der Waals surface area contributed by atoms with Crippen molar-refractivity contribution in [1.29, 1.82) is 0 Å². The number of aromatic nitrogens is 3. The predicted molar refractivity (Wildman–Crippen MR) is 73.3 cm³/mol. The van der Waals surface area contributed by atoms with E-state index >= 15 is 0 Å². The van der Waals surface area contributed by atoms with Gasteiger partial charge in [0, 0.05) is 11.6 Å². The second-order valence-corrected chi connectivity index (χ2v) is 4.52. The molecule has 110 valence electrons. The van der Waals surface area contributed by atoms with Crippen LogP contribution in [0.5, 0.6) is 0 Å². The van der Waals surface area contributed by atoms with Crippen LogP contribution in [0, 0.1) is 17.0 Å². The van der Waals surface area contributed by atoms with E-state index in [0.717, 1.165) is 0 Å². The summed E-state index contributed by atoms with van der Waals surface area (Å²) >= 11 is 0. The Bertz CT molecular complexity index is 708. The van der Waals surface area contributed by atoms with E-state index in [1.54, 1.807) is 19.1 Å². The van der Waals surface area contributed by atoms with Crippen molar-refractivity contribution in [3.8, 4) is 0 Å². The molecule has 0 amide bonds. The van der Waals surface area contributed by atoms with Gasteiger partial charge in [-0.15, -0.1) is 5.10 Å². The lowest BCUT2D eigenvalue weighted by Gasteiger charge is -2.08. The van der Waals surface area contributed by atoms with Gasteiger partial charge in [0.15, 0.2) is 5.69 Å². The lowest BCUT2D eigenvalue weighted by atomic mass is 10.1. The van der Waals surface area contributed by atoms with E-state index in [-0.39, 0.29) is 17.9 Å². The van der Waals surface area contributed by atoms with Crippen molar-refractivity contribution < 1.29 is 14.8 Å². The molecule has 1 heterocycles. The number of carboxylic acids is 1. The van der Waals surface area contributed by atoms with Gasteiger partial charge in [-0.25, -0.2) is 9.48 Å². The van der Waals surface area contributed by atoms with Crippen LogP contribution in [0.25, 0.3) is 0 Å². The van der Waals surface area contributed by atoms with Crippen LogP contribution in [0.4, 0.5) is 5.69 Å². The summed E-state index contributed by atoms with van der Waals surface area (Å²) in [6.07, 6.45) is 0.461. The monoisotopic (exact) mass is 290 g/mol. The zero-order valence-corrected chi connectivity index (χ0v) is 11.6. The molecule has 2 rings (SSSR count). The molecule has 2 aromatic rings. The van der Waals surface area contributed by atoms with E-state index < -0.39 is 10.9 Å². The van der Waals surface area contributed by atoms with Gasteiger partial charge >= 0.3 is 5.97 Å². The molecule has 1 aromatic heterocycles. The van der Waals surface area contributed by atoms with E-state index in [9.17, 15) is 14.9 Å². The SMILES string of the molecule is CCc1c(C(=O)O)nnn1Cc1cccc([N+](=O)[O-])c1C. The van der Waals surface area contributed by atoms with Crippen molar-refractivity contribution in [3.05, 3.63) is 50.8 Å². The van der Waals surface area contributed by atoms with Crippen LogP contribution >= 0.6 is 0 Å². The van der Waals surface area contributed by atoms with E-state index in [1.807, 2.05) is 6.92 Å². The quantitative estimate of drug-likeness (QED) is 0.664. The topological polar surface area (TPSA) is 111 Å². The van der Waals surface area contributed by atoms with Crippen LogP contribution in [0.15, 0.2) is 18.2 Å². The van der Waals surface area contributed by atoms with Gasteiger partial charge in [-0.2, -0.15) is 0 Å². The molecule has 0 atom stereocenters. The largest absolute Gasteiger partial charge is 0.476 e. The minimum Gasteiger partial charge on any atom is -0.476 e. The molecule has 0 unspecified atom stereocenters. The summed E-state index contributed by atoms with van der Waals surface area (Å²) in [6, 6.07) is 4.79. The molecule has 1 N–H and O–H groups in total. The Morgan fingerprint density at radius 1 is 1.48 bits per heavy atom. The van der Waals surface area contributed by atoms with Gasteiger partial charge in [0.1, 0.15) is 0 Å². The second kappa shape index (κ2) is 5.70. The highest BCUT2D eigenvalue weighted by Crippen LogP contribution is 2.22. The molecule has 21 heavy (non-hydrogen) atoms. The van der Waals surface area contributed by atoms with Crippen molar-refractivity contribution >= 4 is 11.7 Å². The molecule has 0 aliphatic carbocycles. The molecule has 0 saturated carbocycles. The Labute approximate surface area is 120 Å². The van der Waals surface area contributed by atoms with Gasteiger partial charge in [0.05, 0.1) is 17.2 Å². The first-order valence-corrected chi connectivity index (χ1v) is 6.34. The maximum Gasteiger partial charge on any atom is 0.358 e. The molecule has 1 aromatic carbocycles. The molecule has 8 nitrogen and oxygen atoms in total. The fourth-order valence-electron chi connectivity index (χ4n) is 2.18. The van der Waals surface area contributed by atoms with Gasteiger partial charge in [0.25, 0.3) is 5.69 Å². The number of nitro benzene ring substituents is 1. The van der Waals surface area contributed by atoms with E-state index in [1.165, 1.54) is 10.7 Å². The summed E-state index contributed by atoms with van der Waals surface area (Å²) in [5.41, 5.74) is 1.69. The molecular formula is C13H14N4O4. The standard InChI is InChI=1S/C13H14N4O4/c1-3-10-12(13(18)19)14-15-16(10)7-9-5-4-6-11(8(9)2)17(20)21/h4-6H,3,7H2,1-2H3,(H,18,19). The lowest BCUT2D eigenvalue weighted by molar-refractivity contribution is -0.385. The van der Waals surface area contributed by atoms with Crippen LogP contribution in [0.3, 0.4) is 0 Å². The number of hydrogen-bond donors (Lipinski definition) is 1. The van der Waals surface area contributed by atoms with Crippen molar-refractivity contribution in [2.24, 2.45) is 0 Å². The first-order chi connectivity index (χ1) is 9.95. The predicted octanol–water partition coefficient (Wildman–Crippen LogP) is 1.80. The van der Waals surface area contributed by atoms with Crippen LogP contribution in [0.1, 0.15) is 34.2 Å². The lowest BCUT2D eigenvalue weighted by Crippen LogP contribution is -2.10. The van der Waals surface area contributed by atoms with Gasteiger partial charge in [-0.05, 0) is 18.9 Å². The summed E-state index contributed by atoms with van der Waals surface area (Å²) in [6.45, 7) is 3.72. The van der Waals surface area contributed by atoms with Crippen LogP contribution in [-0.2, 0) is 13.0 Å². The number of rotatable bonds is 5. The summed E-state index contributed by atoms with van der Waals surface area (Å²) in [7, 11) is 0. The molecule has 0 aliphatic rings. The normalized spacial score (nSPS) is 10.6. The summed E-state index contributed by atoms with van der Waals surface area (Å²) in [4.78, 5) is 21.5. The van der Waals surface area contributed by atoms with Crippen molar-refractivity contribution in [2.45, 2.75) is 26.8 Å². The van der Waals surface area contributed by atoms with Gasteiger partial charge in [0.2, 0.25) is 0 Å². The van der Waals surface area contributed by atoms with Gasteiger partial charge in [-0.1, -0.05) is 24.3 Å². The highest BCUT2D eigenvalue weighted by atomic mass is 16.6. The van der Waals surface area contributed by atoms with Gasteiger partial charge in [-0.3, -0.25) is 10.1 Å². The number of aromatic carboxylic acids is 1. The molecule has 0 aliphatic heterocycles. The Kier molecular flexibility index (Phi) is 3.97. The van der Waals surface area contributed by atoms with Crippen LogP contribution in [0.2, 0.25) is 0 Å². The van der Waals surface area contributed by atoms with Crippen molar-refractivity contribution in [2.75, 3.05) is 0 Å². The number of benzene rings is 1. The number of nitrogens with zero attached hydrogens (tertiary/aromatic N) is 4. The highest BCUT2D eigenvalue weighted by Gasteiger charge is 2.19. The van der Waals surface area contributed by atoms with E-state index in [2.05, 4.69) is 10.3 Å². The Morgan fingerprint density at radius 2 is 2.19 bits per heavy atom. The molecular weight excluding hydrogens is 276 g/mol. The average Bonchev–Trinajstić information content (AvgIpc) is 2.83. The fraction of sp³-hybridized carbons (Fsp3) is 0.308. The first kappa shape index (κ1) is 14.6. The maximum absolute atomic E-state index is 11.1. The van der Waals surface area contributed by atoms with Crippen LogP contribution < -0.4 is 0 Å². The summed E-state index contributed by atoms with van der Waals surface area (Å²) in [5, 5.41) is 27.5. The third-order valence-electron chi connectivity index (χ3n) is 3.31. The first-order valence-electron chi connectivity index (χ1n) is 6.34. The van der Waals surface area contributed by atoms with E-state index in [0.29, 0.717) is 23.2 Å². The van der Waals surface area contributed by atoms with Crippen molar-refractivity contribution in [3.63, 3.8) is 0 Å². The smallest absolute Gasteiger partial charge is 0.358 e. The highest BCUT2D eigenvalue weighted by molar-refractivity contribution is 5.86. The minimum absolute atomic E-state index is 0.0316. The molecule has 8 heteroatoms. The molecule has 0 saturated heterocycles. The minimum atomic E-state index is -1.13. The zero-order chi connectivity index (χ0) is 15.6. The van der Waals surface area contributed by atoms with Crippen molar-refractivity contribution in [1.82, 2.24) is 15.0 Å². The molecule has 0 radical (unpaired) electrons.